The molecule has 3 nitrogen and oxygen atoms in total. The van der Waals surface area contributed by atoms with Crippen molar-refractivity contribution in [3.8, 4) is 0 Å². The molecule has 1 atom stereocenters. The molecule has 0 aromatic carbocycles. The van der Waals surface area contributed by atoms with Crippen LogP contribution in [0.3, 0.4) is 0 Å². The molecule has 0 amide bonds. The molecule has 1 rings (SSSR count). The molecular formula is C4H7BrHgO3. The average Bonchev–Trinajstić information content (AvgIpc) is 1.91. The Labute approximate surface area is 71.6 Å². The van der Waals surface area contributed by atoms with E-state index in [4.69, 9.17) is 9.62 Å². The fraction of sp³-hybridized carbons (Fsp3) is 1.00. The van der Waals surface area contributed by atoms with Gasteiger partial charge in [-0.15, -0.1) is 0 Å². The van der Waals surface area contributed by atoms with E-state index < -0.39 is 22.1 Å². The molecule has 0 N–H and O–H groups in total. The Kier molecular flexibility index (Phi) is 4.67. The summed E-state index contributed by atoms with van der Waals surface area (Å²) in [6, 6.07) is 0. The SMILES string of the molecule is [Br][Hg][CH2]C1COOCO1. The van der Waals surface area contributed by atoms with Gasteiger partial charge in [0.15, 0.2) is 0 Å². The molecule has 5 heteroatoms. The molecule has 0 aromatic rings. The summed E-state index contributed by atoms with van der Waals surface area (Å²) in [5.41, 5.74) is 0. The van der Waals surface area contributed by atoms with Gasteiger partial charge in [0.2, 0.25) is 0 Å². The van der Waals surface area contributed by atoms with E-state index >= 15 is 0 Å². The summed E-state index contributed by atoms with van der Waals surface area (Å²) in [5, 5.41) is 0. The maximum atomic E-state index is 5.20. The molecule has 1 heterocycles. The molecule has 9 heavy (non-hydrogen) atoms. The zero-order chi connectivity index (χ0) is 6.53. The van der Waals surface area contributed by atoms with Crippen molar-refractivity contribution in [2.24, 2.45) is 0 Å². The van der Waals surface area contributed by atoms with E-state index in [0.717, 1.165) is 0 Å². The van der Waals surface area contributed by atoms with Gasteiger partial charge in [-0.1, -0.05) is 0 Å². The van der Waals surface area contributed by atoms with E-state index in [1.165, 1.54) is 3.93 Å². The summed E-state index contributed by atoms with van der Waals surface area (Å²) < 4.78 is 6.39. The van der Waals surface area contributed by atoms with Crippen LogP contribution in [0, 0.1) is 0 Å². The Morgan fingerprint density at radius 3 is 3.00 bits per heavy atom. The third-order valence-corrected chi connectivity index (χ3v) is 8.49. The van der Waals surface area contributed by atoms with Crippen LogP contribution in [-0.4, -0.2) is 19.5 Å². The second-order valence-electron chi connectivity index (χ2n) is 1.79. The summed E-state index contributed by atoms with van der Waals surface area (Å²) in [6.45, 7) is 0.900. The van der Waals surface area contributed by atoms with Crippen molar-refractivity contribution >= 4 is 11.9 Å². The van der Waals surface area contributed by atoms with Crippen LogP contribution < -0.4 is 0 Å². The zero-order valence-electron chi connectivity index (χ0n) is 5.01. The summed E-state index contributed by atoms with van der Waals surface area (Å²) in [5.74, 6) is 0. The predicted octanol–water partition coefficient (Wildman–Crippen LogP) is 1.10. The monoisotopic (exact) mass is 384 g/mol. The molecule has 1 fully saturated rings. The molecule has 1 unspecified atom stereocenters. The first kappa shape index (κ1) is 8.39. The van der Waals surface area contributed by atoms with Crippen LogP contribution in [0.2, 0.25) is 3.93 Å². The second-order valence-corrected chi connectivity index (χ2v) is 12.5. The molecule has 0 spiro atoms. The zero-order valence-corrected chi connectivity index (χ0v) is 12.1. The summed E-state index contributed by atoms with van der Waals surface area (Å²) >= 11 is 2.84. The Morgan fingerprint density at radius 2 is 2.44 bits per heavy atom. The van der Waals surface area contributed by atoms with Crippen molar-refractivity contribution in [3.05, 3.63) is 0 Å². The Balaban J connectivity index is 2.08. The van der Waals surface area contributed by atoms with Crippen LogP contribution in [0.25, 0.3) is 0 Å². The Bertz CT molecular complexity index is 73.5. The van der Waals surface area contributed by atoms with Gasteiger partial charge in [-0.2, -0.15) is 0 Å². The van der Waals surface area contributed by atoms with E-state index in [1.807, 2.05) is 0 Å². The van der Waals surface area contributed by atoms with Crippen LogP contribution in [-0.2, 0) is 36.7 Å². The first-order valence-electron chi connectivity index (χ1n) is 2.85. The molecule has 0 aliphatic carbocycles. The molecule has 0 saturated carbocycles. The summed E-state index contributed by atoms with van der Waals surface area (Å²) in [6.07, 6.45) is 0.305. The van der Waals surface area contributed by atoms with Crippen molar-refractivity contribution in [1.82, 2.24) is 0 Å². The van der Waals surface area contributed by atoms with E-state index in [1.54, 1.807) is 0 Å². The van der Waals surface area contributed by atoms with Crippen molar-refractivity contribution in [1.29, 1.82) is 0 Å². The molecule has 0 aromatic heterocycles. The van der Waals surface area contributed by atoms with Crippen molar-refractivity contribution in [2.45, 2.75) is 10.0 Å². The predicted molar refractivity (Wildman–Crippen MR) is 30.5 cm³/mol. The summed E-state index contributed by atoms with van der Waals surface area (Å²) in [7, 11) is 0. The minimum atomic E-state index is -0.694. The third kappa shape index (κ3) is 3.27. The second kappa shape index (κ2) is 5.01. The molecule has 50 valence electrons. The molecule has 0 bridgehead atoms. The average molecular weight is 384 g/mol. The molecule has 0 radical (unpaired) electrons. The first-order valence-corrected chi connectivity index (χ1v) is 18.7. The van der Waals surface area contributed by atoms with Gasteiger partial charge in [0.25, 0.3) is 0 Å². The Morgan fingerprint density at radius 1 is 1.56 bits per heavy atom. The molecule has 1 saturated heterocycles. The van der Waals surface area contributed by atoms with Crippen LogP contribution in [0.5, 0.6) is 0 Å². The first-order chi connectivity index (χ1) is 4.43. The van der Waals surface area contributed by atoms with Gasteiger partial charge in [0, 0.05) is 0 Å². The van der Waals surface area contributed by atoms with Gasteiger partial charge in [0.1, 0.15) is 0 Å². The van der Waals surface area contributed by atoms with Crippen molar-refractivity contribution in [2.75, 3.05) is 13.4 Å². The van der Waals surface area contributed by atoms with E-state index in [-0.39, 0.29) is 0 Å². The minimum absolute atomic E-state index is 0.297. The fourth-order valence-electron chi connectivity index (χ4n) is 0.619. The number of halogens is 1. The topological polar surface area (TPSA) is 27.7 Å². The number of hydrogen-bond acceptors (Lipinski definition) is 3. The molecular weight excluding hydrogens is 377 g/mol. The normalized spacial score (nSPS) is 27.4. The van der Waals surface area contributed by atoms with Crippen LogP contribution in [0.4, 0.5) is 0 Å². The number of hydrogen-bond donors (Lipinski definition) is 0. The van der Waals surface area contributed by atoms with E-state index in [0.29, 0.717) is 19.5 Å². The van der Waals surface area contributed by atoms with Gasteiger partial charge in [-0.3, -0.25) is 0 Å². The van der Waals surface area contributed by atoms with Gasteiger partial charge < -0.3 is 0 Å². The van der Waals surface area contributed by atoms with Gasteiger partial charge in [-0.25, -0.2) is 0 Å². The third-order valence-electron chi connectivity index (χ3n) is 1.12. The van der Waals surface area contributed by atoms with Gasteiger partial charge in [-0.05, 0) is 0 Å². The number of ether oxygens (including phenoxy) is 1. The van der Waals surface area contributed by atoms with Crippen molar-refractivity contribution < 1.29 is 36.7 Å². The fourth-order valence-corrected chi connectivity index (χ4v) is 7.34. The Hall–Kier alpha value is 1.30. The van der Waals surface area contributed by atoms with E-state index in [9.17, 15) is 0 Å². The van der Waals surface area contributed by atoms with Gasteiger partial charge in [0.05, 0.1) is 0 Å². The summed E-state index contributed by atoms with van der Waals surface area (Å²) in [4.78, 5) is 9.26. The van der Waals surface area contributed by atoms with Crippen LogP contribution >= 0.6 is 11.9 Å². The molecule has 1 aliphatic rings. The standard InChI is InChI=1S/C4H7O3.BrH.Hg/c1-4-2-6-7-3-5-4;;/h4H,1-3H2;1H;/q;;+1/p-1. The van der Waals surface area contributed by atoms with Crippen molar-refractivity contribution in [3.63, 3.8) is 0 Å². The number of rotatable bonds is 2. The maximum absolute atomic E-state index is 5.20. The van der Waals surface area contributed by atoms with Crippen LogP contribution in [0.1, 0.15) is 0 Å². The van der Waals surface area contributed by atoms with Gasteiger partial charge >= 0.3 is 72.0 Å². The van der Waals surface area contributed by atoms with E-state index in [2.05, 4.69) is 16.8 Å². The quantitative estimate of drug-likeness (QED) is 0.528. The van der Waals surface area contributed by atoms with Crippen LogP contribution in [0.15, 0.2) is 0 Å². The molecule has 1 aliphatic heterocycles.